The molecular weight excluding hydrogens is 392 g/mol. The lowest BCUT2D eigenvalue weighted by atomic mass is 10.1. The molecule has 0 radical (unpaired) electrons. The molecular formula is C24H26N4O3. The van der Waals surface area contributed by atoms with Crippen molar-refractivity contribution in [3.05, 3.63) is 59.5 Å². The first-order valence-electron chi connectivity index (χ1n) is 10.3. The molecule has 2 aromatic heterocycles. The van der Waals surface area contributed by atoms with E-state index >= 15 is 0 Å². The maximum atomic E-state index is 5.56. The Kier molecular flexibility index (Phi) is 6.02. The smallest absolute Gasteiger partial charge is 0.226 e. The maximum absolute atomic E-state index is 5.56. The Morgan fingerprint density at radius 1 is 1.03 bits per heavy atom. The van der Waals surface area contributed by atoms with Crippen molar-refractivity contribution in [3.63, 3.8) is 0 Å². The largest absolute Gasteiger partial charge is 0.493 e. The van der Waals surface area contributed by atoms with Crippen LogP contribution in [0.25, 0.3) is 22.3 Å². The van der Waals surface area contributed by atoms with Gasteiger partial charge in [-0.05, 0) is 37.6 Å². The van der Waals surface area contributed by atoms with Gasteiger partial charge >= 0.3 is 0 Å². The van der Waals surface area contributed by atoms with Gasteiger partial charge in [0.2, 0.25) is 11.7 Å². The van der Waals surface area contributed by atoms with Crippen molar-refractivity contribution in [1.29, 1.82) is 0 Å². The van der Waals surface area contributed by atoms with E-state index in [9.17, 15) is 0 Å². The topological polar surface area (TPSA) is 82.3 Å². The number of para-hydroxylation sites is 1. The van der Waals surface area contributed by atoms with Crippen LogP contribution in [-0.4, -0.2) is 29.3 Å². The minimum atomic E-state index is 0.497. The fourth-order valence-electron chi connectivity index (χ4n) is 3.55. The number of methoxy groups -OCH3 is 2. The highest BCUT2D eigenvalue weighted by molar-refractivity contribution is 5.88. The van der Waals surface area contributed by atoms with Crippen molar-refractivity contribution in [2.45, 2.75) is 33.2 Å². The zero-order valence-corrected chi connectivity index (χ0v) is 18.2. The van der Waals surface area contributed by atoms with Crippen molar-refractivity contribution in [2.24, 2.45) is 0 Å². The van der Waals surface area contributed by atoms with E-state index < -0.39 is 0 Å². The summed E-state index contributed by atoms with van der Waals surface area (Å²) in [6, 6.07) is 14.0. The summed E-state index contributed by atoms with van der Waals surface area (Å²) >= 11 is 0. The Hall–Kier alpha value is -3.61. The third kappa shape index (κ3) is 4.30. The van der Waals surface area contributed by atoms with Crippen LogP contribution in [-0.2, 0) is 13.0 Å². The summed E-state index contributed by atoms with van der Waals surface area (Å²) in [6.45, 7) is 4.64. The lowest BCUT2D eigenvalue weighted by Gasteiger charge is -2.15. The van der Waals surface area contributed by atoms with Gasteiger partial charge < -0.3 is 19.3 Å². The quantitative estimate of drug-likeness (QED) is 0.422. The molecule has 160 valence electrons. The second-order valence-corrected chi connectivity index (χ2v) is 7.35. The summed E-state index contributed by atoms with van der Waals surface area (Å²) in [6.07, 6.45) is 1.69. The second kappa shape index (κ2) is 9.04. The third-order valence-corrected chi connectivity index (χ3v) is 5.07. The van der Waals surface area contributed by atoms with Gasteiger partial charge in [-0.1, -0.05) is 35.8 Å². The van der Waals surface area contributed by atoms with Gasteiger partial charge in [0.1, 0.15) is 5.82 Å². The van der Waals surface area contributed by atoms with E-state index in [2.05, 4.69) is 47.5 Å². The average Bonchev–Trinajstić information content (AvgIpc) is 3.25. The fourth-order valence-corrected chi connectivity index (χ4v) is 3.55. The number of anilines is 1. The Labute approximate surface area is 181 Å². The van der Waals surface area contributed by atoms with Crippen LogP contribution in [0.5, 0.6) is 11.5 Å². The summed E-state index contributed by atoms with van der Waals surface area (Å²) in [5, 5.41) is 8.66. The van der Waals surface area contributed by atoms with E-state index in [1.54, 1.807) is 14.2 Å². The highest BCUT2D eigenvalue weighted by atomic mass is 16.5. The lowest BCUT2D eigenvalue weighted by Crippen LogP contribution is -2.06. The number of benzene rings is 2. The molecule has 0 spiro atoms. The van der Waals surface area contributed by atoms with Crippen molar-refractivity contribution in [2.75, 3.05) is 19.5 Å². The Morgan fingerprint density at radius 3 is 2.68 bits per heavy atom. The molecule has 0 unspecified atom stereocenters. The van der Waals surface area contributed by atoms with E-state index in [-0.39, 0.29) is 0 Å². The number of nitrogens with one attached hydrogen (secondary N) is 1. The van der Waals surface area contributed by atoms with Crippen LogP contribution in [0.3, 0.4) is 0 Å². The lowest BCUT2D eigenvalue weighted by molar-refractivity contribution is 0.352. The number of nitrogens with zero attached hydrogens (tertiary/aromatic N) is 3. The number of rotatable bonds is 8. The molecule has 0 atom stereocenters. The molecule has 0 aliphatic carbocycles. The molecule has 4 rings (SSSR count). The molecule has 7 nitrogen and oxygen atoms in total. The monoisotopic (exact) mass is 418 g/mol. The Morgan fingerprint density at radius 2 is 1.90 bits per heavy atom. The molecule has 0 amide bonds. The van der Waals surface area contributed by atoms with Crippen molar-refractivity contribution in [1.82, 2.24) is 15.1 Å². The van der Waals surface area contributed by atoms with Crippen LogP contribution in [0.4, 0.5) is 5.82 Å². The maximum Gasteiger partial charge on any atom is 0.226 e. The molecule has 0 aliphatic heterocycles. The standard InChI is InChI=1S/C24H26N4O3/c1-5-7-21-27-24(28-31-21)18-13-17-12-15(2)10-11-19(17)26-23(18)25-14-16-8-6-9-20(29-3)22(16)30-4/h6,8-13H,5,7,14H2,1-4H3,(H,25,26). The van der Waals surface area contributed by atoms with Crippen LogP contribution in [0.2, 0.25) is 0 Å². The molecule has 0 fully saturated rings. The minimum Gasteiger partial charge on any atom is -0.493 e. The number of ether oxygens (including phenoxy) is 2. The van der Waals surface area contributed by atoms with Crippen LogP contribution < -0.4 is 14.8 Å². The van der Waals surface area contributed by atoms with Crippen molar-refractivity contribution >= 4 is 16.7 Å². The summed E-state index contributed by atoms with van der Waals surface area (Å²) in [5.41, 5.74) is 3.82. The van der Waals surface area contributed by atoms with E-state index in [1.165, 1.54) is 5.56 Å². The summed E-state index contributed by atoms with van der Waals surface area (Å²) in [7, 11) is 3.27. The van der Waals surface area contributed by atoms with Crippen LogP contribution >= 0.6 is 0 Å². The first-order chi connectivity index (χ1) is 15.1. The summed E-state index contributed by atoms with van der Waals surface area (Å²) in [5.74, 6) is 3.22. The molecule has 7 heteroatoms. The number of aromatic nitrogens is 3. The summed E-state index contributed by atoms with van der Waals surface area (Å²) in [4.78, 5) is 9.43. The number of fused-ring (bicyclic) bond motifs is 1. The number of hydrogen-bond acceptors (Lipinski definition) is 7. The van der Waals surface area contributed by atoms with Gasteiger partial charge in [0.25, 0.3) is 0 Å². The predicted octanol–water partition coefficient (Wildman–Crippen LogP) is 5.18. The third-order valence-electron chi connectivity index (χ3n) is 5.07. The minimum absolute atomic E-state index is 0.497. The number of aryl methyl sites for hydroxylation is 2. The van der Waals surface area contributed by atoms with Crippen LogP contribution in [0, 0.1) is 6.92 Å². The molecule has 0 bridgehead atoms. The molecule has 2 heterocycles. The van der Waals surface area contributed by atoms with Gasteiger partial charge in [0, 0.05) is 23.9 Å². The van der Waals surface area contributed by atoms with Gasteiger partial charge in [-0.2, -0.15) is 4.98 Å². The van der Waals surface area contributed by atoms with Gasteiger partial charge in [-0.25, -0.2) is 4.98 Å². The first kappa shape index (κ1) is 20.7. The first-order valence-corrected chi connectivity index (χ1v) is 10.3. The van der Waals surface area contributed by atoms with Gasteiger partial charge in [-0.15, -0.1) is 0 Å². The van der Waals surface area contributed by atoms with Gasteiger partial charge in [0.15, 0.2) is 11.5 Å². The van der Waals surface area contributed by atoms with Crippen LogP contribution in [0.15, 0.2) is 47.0 Å². The van der Waals surface area contributed by atoms with Gasteiger partial charge in [-0.3, -0.25) is 0 Å². The van der Waals surface area contributed by atoms with E-state index in [0.717, 1.165) is 34.9 Å². The van der Waals surface area contributed by atoms with E-state index in [1.807, 2.05) is 24.3 Å². The average molecular weight is 418 g/mol. The Balaban J connectivity index is 1.74. The molecule has 0 saturated heterocycles. The molecule has 31 heavy (non-hydrogen) atoms. The van der Waals surface area contributed by atoms with Crippen molar-refractivity contribution in [3.8, 4) is 22.9 Å². The van der Waals surface area contributed by atoms with E-state index in [4.69, 9.17) is 19.0 Å². The fraction of sp³-hybridized carbons (Fsp3) is 0.292. The number of hydrogen-bond donors (Lipinski definition) is 1. The molecule has 1 N–H and O–H groups in total. The summed E-state index contributed by atoms with van der Waals surface area (Å²) < 4.78 is 16.4. The zero-order valence-electron chi connectivity index (χ0n) is 18.2. The number of pyridine rings is 1. The molecule has 2 aromatic carbocycles. The SMILES string of the molecule is CCCc1nc(-c2cc3cc(C)ccc3nc2NCc2cccc(OC)c2OC)no1. The second-order valence-electron chi connectivity index (χ2n) is 7.35. The van der Waals surface area contributed by atoms with Crippen LogP contribution in [0.1, 0.15) is 30.4 Å². The van der Waals surface area contributed by atoms with E-state index in [0.29, 0.717) is 35.6 Å². The Bertz CT molecular complexity index is 1200. The predicted molar refractivity (Wildman–Crippen MR) is 121 cm³/mol. The normalized spacial score (nSPS) is 11.0. The highest BCUT2D eigenvalue weighted by Crippen LogP contribution is 2.33. The van der Waals surface area contributed by atoms with Gasteiger partial charge in [0.05, 0.1) is 25.3 Å². The molecule has 0 saturated carbocycles. The van der Waals surface area contributed by atoms with Crippen molar-refractivity contribution < 1.29 is 14.0 Å². The zero-order chi connectivity index (χ0) is 21.8. The molecule has 0 aliphatic rings. The molecule has 4 aromatic rings. The highest BCUT2D eigenvalue weighted by Gasteiger charge is 2.17.